The Hall–Kier alpha value is 0.410. The lowest BCUT2D eigenvalue weighted by atomic mass is 10.3. The zero-order valence-corrected chi connectivity index (χ0v) is 11.2. The second-order valence-corrected chi connectivity index (χ2v) is 5.15. The molecule has 0 unspecified atom stereocenters. The first-order valence-corrected chi connectivity index (χ1v) is 5.75. The van der Waals surface area contributed by atoms with Crippen LogP contribution in [0.15, 0.2) is 17.2 Å². The first-order valence-electron chi connectivity index (χ1n) is 3.59. The Morgan fingerprint density at radius 1 is 1.25 bits per heavy atom. The minimum atomic E-state index is 0.133. The summed E-state index contributed by atoms with van der Waals surface area (Å²) in [6, 6.07) is 0.410. The minimum Gasteiger partial charge on any atom is -0.349 e. The fourth-order valence-electron chi connectivity index (χ4n) is 0.829. The van der Waals surface area contributed by atoms with Gasteiger partial charge in [0.05, 0.1) is 7.14 Å². The van der Waals surface area contributed by atoms with E-state index in [0.29, 0.717) is 6.04 Å². The Kier molecular flexibility index (Phi) is 3.57. The van der Waals surface area contributed by atoms with Gasteiger partial charge < -0.3 is 4.57 Å². The molecular formula is C8H9I2NO. The molecule has 4 heteroatoms. The molecule has 0 saturated heterocycles. The Labute approximate surface area is 98.6 Å². The molecule has 0 fully saturated rings. The second kappa shape index (κ2) is 4.08. The largest absolute Gasteiger partial charge is 0.349 e. The van der Waals surface area contributed by atoms with Crippen LogP contribution in [-0.2, 0) is 0 Å². The molecule has 1 aromatic rings. The van der Waals surface area contributed by atoms with Crippen LogP contribution in [-0.4, -0.2) is 4.57 Å². The summed E-state index contributed by atoms with van der Waals surface area (Å²) < 4.78 is 3.62. The number of halogens is 2. The second-order valence-electron chi connectivity index (χ2n) is 2.82. The van der Waals surface area contributed by atoms with E-state index < -0.39 is 0 Å². The molecule has 0 radical (unpaired) electrons. The smallest absolute Gasteiger partial charge is 0.208 e. The topological polar surface area (TPSA) is 22.0 Å². The van der Waals surface area contributed by atoms with Crippen LogP contribution in [0.4, 0.5) is 0 Å². The molecule has 0 saturated carbocycles. The van der Waals surface area contributed by atoms with Gasteiger partial charge in [-0.2, -0.15) is 0 Å². The van der Waals surface area contributed by atoms with Gasteiger partial charge in [0.2, 0.25) is 5.43 Å². The lowest BCUT2D eigenvalue weighted by molar-refractivity contribution is 0.591. The van der Waals surface area contributed by atoms with Crippen molar-refractivity contribution in [1.29, 1.82) is 0 Å². The van der Waals surface area contributed by atoms with Gasteiger partial charge in [-0.05, 0) is 59.0 Å². The number of hydrogen-bond acceptors (Lipinski definition) is 1. The van der Waals surface area contributed by atoms with Gasteiger partial charge in [-0.3, -0.25) is 4.79 Å². The molecule has 0 aliphatic rings. The lowest BCUT2D eigenvalue weighted by Gasteiger charge is -2.10. The maximum Gasteiger partial charge on any atom is 0.208 e. The van der Waals surface area contributed by atoms with E-state index in [0.717, 1.165) is 7.14 Å². The van der Waals surface area contributed by atoms with E-state index in [9.17, 15) is 4.79 Å². The minimum absolute atomic E-state index is 0.133. The van der Waals surface area contributed by atoms with Crippen LogP contribution in [0.1, 0.15) is 19.9 Å². The molecule has 12 heavy (non-hydrogen) atoms. The third-order valence-corrected chi connectivity index (χ3v) is 3.09. The monoisotopic (exact) mass is 389 g/mol. The average molecular weight is 389 g/mol. The molecule has 1 aromatic heterocycles. The van der Waals surface area contributed by atoms with Gasteiger partial charge in [0.1, 0.15) is 0 Å². The van der Waals surface area contributed by atoms with Gasteiger partial charge in [0, 0.05) is 18.4 Å². The summed E-state index contributed by atoms with van der Waals surface area (Å²) in [5.41, 5.74) is 0.133. The number of nitrogens with zero attached hydrogens (tertiary/aromatic N) is 1. The van der Waals surface area contributed by atoms with E-state index in [4.69, 9.17) is 0 Å². The van der Waals surface area contributed by atoms with Crippen LogP contribution in [0, 0.1) is 7.14 Å². The summed E-state index contributed by atoms with van der Waals surface area (Å²) >= 11 is 4.14. The number of rotatable bonds is 1. The SMILES string of the molecule is CC(C)n1cc(I)c(=O)c(I)c1. The van der Waals surface area contributed by atoms with Crippen molar-refractivity contribution >= 4 is 45.2 Å². The quantitative estimate of drug-likeness (QED) is 0.678. The highest BCUT2D eigenvalue weighted by Gasteiger charge is 2.03. The van der Waals surface area contributed by atoms with Crippen LogP contribution in [0.25, 0.3) is 0 Å². The predicted molar refractivity (Wildman–Crippen MR) is 66.5 cm³/mol. The maximum atomic E-state index is 11.3. The molecule has 0 amide bonds. The van der Waals surface area contributed by atoms with Gasteiger partial charge in [-0.15, -0.1) is 0 Å². The summed E-state index contributed by atoms with van der Waals surface area (Å²) in [4.78, 5) is 11.3. The van der Waals surface area contributed by atoms with E-state index in [1.807, 2.05) is 17.0 Å². The van der Waals surface area contributed by atoms with Gasteiger partial charge in [-0.25, -0.2) is 0 Å². The van der Waals surface area contributed by atoms with Crippen molar-refractivity contribution in [2.75, 3.05) is 0 Å². The molecule has 0 atom stereocenters. The van der Waals surface area contributed by atoms with Crippen molar-refractivity contribution < 1.29 is 0 Å². The summed E-state index contributed by atoms with van der Waals surface area (Å²) in [5.74, 6) is 0. The van der Waals surface area contributed by atoms with Crippen LogP contribution in [0.5, 0.6) is 0 Å². The molecule has 1 rings (SSSR count). The van der Waals surface area contributed by atoms with Crippen molar-refractivity contribution in [3.8, 4) is 0 Å². The average Bonchev–Trinajstić information content (AvgIpc) is 1.99. The molecule has 66 valence electrons. The molecule has 0 aliphatic carbocycles. The third-order valence-electron chi connectivity index (χ3n) is 1.55. The van der Waals surface area contributed by atoms with E-state index in [1.165, 1.54) is 0 Å². The normalized spacial score (nSPS) is 10.8. The zero-order chi connectivity index (χ0) is 9.30. The van der Waals surface area contributed by atoms with Crippen molar-refractivity contribution in [2.45, 2.75) is 19.9 Å². The zero-order valence-electron chi connectivity index (χ0n) is 6.84. The molecule has 2 nitrogen and oxygen atoms in total. The highest BCUT2D eigenvalue weighted by Crippen LogP contribution is 2.09. The first kappa shape index (κ1) is 10.5. The van der Waals surface area contributed by atoms with Gasteiger partial charge >= 0.3 is 0 Å². The van der Waals surface area contributed by atoms with Crippen LogP contribution < -0.4 is 5.43 Å². The molecule has 1 heterocycles. The van der Waals surface area contributed by atoms with Crippen LogP contribution in [0.2, 0.25) is 0 Å². The Bertz CT molecular complexity index is 317. The van der Waals surface area contributed by atoms with Gasteiger partial charge in [-0.1, -0.05) is 0 Å². The van der Waals surface area contributed by atoms with Crippen LogP contribution in [0.3, 0.4) is 0 Å². The summed E-state index contributed by atoms with van der Waals surface area (Å²) in [6.07, 6.45) is 3.77. The summed E-state index contributed by atoms with van der Waals surface area (Å²) in [5, 5.41) is 0. The molecule has 0 aromatic carbocycles. The maximum absolute atomic E-state index is 11.3. The Morgan fingerprint density at radius 2 is 1.67 bits per heavy atom. The third kappa shape index (κ3) is 2.21. The first-order chi connectivity index (χ1) is 5.52. The van der Waals surface area contributed by atoms with E-state index in [2.05, 4.69) is 59.0 Å². The van der Waals surface area contributed by atoms with Gasteiger partial charge in [0.15, 0.2) is 0 Å². The lowest BCUT2D eigenvalue weighted by Crippen LogP contribution is -2.14. The number of aromatic nitrogens is 1. The fraction of sp³-hybridized carbons (Fsp3) is 0.375. The van der Waals surface area contributed by atoms with E-state index in [-0.39, 0.29) is 5.43 Å². The molecule has 0 N–H and O–H groups in total. The standard InChI is InChI=1S/C8H9I2NO/c1-5(2)11-3-6(9)8(12)7(10)4-11/h3-5H,1-2H3. The number of hydrogen-bond donors (Lipinski definition) is 0. The van der Waals surface area contributed by atoms with Crippen molar-refractivity contribution in [2.24, 2.45) is 0 Å². The number of pyridine rings is 1. The highest BCUT2D eigenvalue weighted by molar-refractivity contribution is 14.1. The molecule has 0 bridgehead atoms. The molecule has 0 aliphatic heterocycles. The Morgan fingerprint density at radius 3 is 2.00 bits per heavy atom. The van der Waals surface area contributed by atoms with Crippen LogP contribution >= 0.6 is 45.2 Å². The van der Waals surface area contributed by atoms with Crippen molar-refractivity contribution in [1.82, 2.24) is 4.57 Å². The van der Waals surface area contributed by atoms with Crippen molar-refractivity contribution in [3.63, 3.8) is 0 Å². The molecule has 0 spiro atoms. The predicted octanol–water partition coefficient (Wildman–Crippen LogP) is 2.64. The molecular weight excluding hydrogens is 380 g/mol. The fourth-order valence-corrected chi connectivity index (χ4v) is 2.57. The Balaban J connectivity index is 3.31. The summed E-state index contributed by atoms with van der Waals surface area (Å²) in [6.45, 7) is 4.19. The van der Waals surface area contributed by atoms with Gasteiger partial charge in [0.25, 0.3) is 0 Å². The van der Waals surface area contributed by atoms with E-state index >= 15 is 0 Å². The summed E-state index contributed by atoms with van der Waals surface area (Å²) in [7, 11) is 0. The van der Waals surface area contributed by atoms with E-state index in [1.54, 1.807) is 0 Å². The highest BCUT2D eigenvalue weighted by atomic mass is 127. The van der Waals surface area contributed by atoms with Crippen molar-refractivity contribution in [3.05, 3.63) is 29.8 Å².